The number of nitrogens with one attached hydrogen (secondary N) is 1. The third-order valence-corrected chi connectivity index (χ3v) is 7.86. The van der Waals surface area contributed by atoms with Gasteiger partial charge in [0.15, 0.2) is 5.69 Å². The van der Waals surface area contributed by atoms with E-state index in [0.29, 0.717) is 18.3 Å². The van der Waals surface area contributed by atoms with Gasteiger partial charge in [-0.3, -0.25) is 19.5 Å². The fourth-order valence-electron chi connectivity index (χ4n) is 5.60. The number of hydrogen-bond acceptors (Lipinski definition) is 6. The van der Waals surface area contributed by atoms with Crippen LogP contribution >= 0.6 is 0 Å². The molecule has 2 aliphatic heterocycles. The summed E-state index contributed by atoms with van der Waals surface area (Å²) in [4.78, 5) is 34.4. The smallest absolute Gasteiger partial charge is 0.275 e. The number of nitrogens with zero attached hydrogens (tertiary/aromatic N) is 5. The van der Waals surface area contributed by atoms with E-state index < -0.39 is 0 Å². The molecule has 41 heavy (non-hydrogen) atoms. The largest absolute Gasteiger partial charge is 0.379 e. The summed E-state index contributed by atoms with van der Waals surface area (Å²) in [6.07, 6.45) is 8.68. The van der Waals surface area contributed by atoms with Gasteiger partial charge in [0.05, 0.1) is 24.4 Å². The molecule has 2 aliphatic rings. The minimum atomic E-state index is -0.173. The van der Waals surface area contributed by atoms with Crippen LogP contribution in [0.15, 0.2) is 79.1 Å². The van der Waals surface area contributed by atoms with Crippen molar-refractivity contribution in [3.05, 3.63) is 96.0 Å². The van der Waals surface area contributed by atoms with Crippen LogP contribution in [0.3, 0.4) is 0 Å². The van der Waals surface area contributed by atoms with Gasteiger partial charge < -0.3 is 15.0 Å². The maximum atomic E-state index is 13.7. The molecule has 0 saturated carbocycles. The van der Waals surface area contributed by atoms with Crippen LogP contribution < -0.4 is 5.32 Å². The Balaban J connectivity index is 1.13. The van der Waals surface area contributed by atoms with Crippen LogP contribution in [0.1, 0.15) is 34.5 Å². The summed E-state index contributed by atoms with van der Waals surface area (Å²) in [5, 5.41) is 8.52. The molecule has 0 unspecified atom stereocenters. The first-order valence-corrected chi connectivity index (χ1v) is 14.2. The maximum Gasteiger partial charge on any atom is 0.275 e. The molecular weight excluding hydrogens is 516 g/mol. The quantitative estimate of drug-likeness (QED) is 0.353. The van der Waals surface area contributed by atoms with Crippen LogP contribution in [0, 0.1) is 0 Å². The summed E-state index contributed by atoms with van der Waals surface area (Å²) in [5.74, 6) is -0.189. The number of hydrogen-bond donors (Lipinski definition) is 1. The Labute approximate surface area is 239 Å². The van der Waals surface area contributed by atoms with Crippen LogP contribution in [-0.4, -0.2) is 81.8 Å². The van der Waals surface area contributed by atoms with Crippen LogP contribution in [0.4, 0.5) is 0 Å². The highest BCUT2D eigenvalue weighted by molar-refractivity contribution is 6.05. The van der Waals surface area contributed by atoms with Crippen molar-refractivity contribution in [1.29, 1.82) is 0 Å². The Bertz CT molecular complexity index is 1520. The van der Waals surface area contributed by atoms with Gasteiger partial charge in [-0.05, 0) is 54.3 Å². The average Bonchev–Trinajstić information content (AvgIpc) is 3.43. The van der Waals surface area contributed by atoms with Crippen LogP contribution in [0.2, 0.25) is 0 Å². The lowest BCUT2D eigenvalue weighted by molar-refractivity contribution is -0.116. The summed E-state index contributed by atoms with van der Waals surface area (Å²) in [6, 6.07) is 19.9. The van der Waals surface area contributed by atoms with E-state index in [1.165, 1.54) is 6.08 Å². The number of carbonyl (C=O) groups is 2. The van der Waals surface area contributed by atoms with Gasteiger partial charge in [0.25, 0.3) is 5.91 Å². The van der Waals surface area contributed by atoms with Gasteiger partial charge in [-0.25, -0.2) is 4.68 Å². The van der Waals surface area contributed by atoms with E-state index in [9.17, 15) is 9.59 Å². The topological polar surface area (TPSA) is 92.6 Å². The number of piperidine rings is 1. The molecule has 2 fully saturated rings. The van der Waals surface area contributed by atoms with Crippen LogP contribution in [0.5, 0.6) is 0 Å². The van der Waals surface area contributed by atoms with Crippen LogP contribution in [-0.2, 0) is 16.1 Å². The first-order valence-electron chi connectivity index (χ1n) is 14.2. The SMILES string of the molecule is O=C(C=Cc1ccc(-n2nc(C(=O)N3CCC(N4CCOCC4)CC3)c3ccccc32)cc1)NCc1cccnc1. The van der Waals surface area contributed by atoms with Gasteiger partial charge in [-0.15, -0.1) is 0 Å². The number of ether oxygens (including phenoxy) is 1. The number of pyridine rings is 1. The predicted molar refractivity (Wildman–Crippen MR) is 158 cm³/mol. The third kappa shape index (κ3) is 6.21. The molecule has 9 nitrogen and oxygen atoms in total. The lowest BCUT2D eigenvalue weighted by atomic mass is 10.0. The Morgan fingerprint density at radius 1 is 0.951 bits per heavy atom. The van der Waals surface area contributed by atoms with Crippen molar-refractivity contribution in [1.82, 2.24) is 29.9 Å². The van der Waals surface area contributed by atoms with Gasteiger partial charge >= 0.3 is 0 Å². The Morgan fingerprint density at radius 3 is 2.49 bits per heavy atom. The molecule has 210 valence electrons. The van der Waals surface area contributed by atoms with Gasteiger partial charge in [-0.1, -0.05) is 36.4 Å². The van der Waals surface area contributed by atoms with Gasteiger partial charge in [0.1, 0.15) is 0 Å². The maximum absolute atomic E-state index is 13.7. The summed E-state index contributed by atoms with van der Waals surface area (Å²) < 4.78 is 7.33. The number of aromatic nitrogens is 3. The van der Waals surface area contributed by atoms with Crippen molar-refractivity contribution in [3.63, 3.8) is 0 Å². The van der Waals surface area contributed by atoms with Gasteiger partial charge in [-0.2, -0.15) is 5.10 Å². The van der Waals surface area contributed by atoms with Crippen molar-refractivity contribution >= 4 is 28.8 Å². The van der Waals surface area contributed by atoms with E-state index in [1.54, 1.807) is 18.5 Å². The summed E-state index contributed by atoms with van der Waals surface area (Å²) in [5.41, 5.74) is 4.06. The minimum Gasteiger partial charge on any atom is -0.379 e. The third-order valence-electron chi connectivity index (χ3n) is 7.86. The highest BCUT2D eigenvalue weighted by atomic mass is 16.5. The zero-order valence-electron chi connectivity index (χ0n) is 23.0. The summed E-state index contributed by atoms with van der Waals surface area (Å²) >= 11 is 0. The summed E-state index contributed by atoms with van der Waals surface area (Å²) in [7, 11) is 0. The standard InChI is InChI=1S/C32H34N6O3/c39-30(34-23-25-4-3-15-33-22-25)12-9-24-7-10-27(11-8-24)38-29-6-2-1-5-28(29)31(35-38)32(40)37-16-13-26(14-17-37)36-18-20-41-21-19-36/h1-12,15,22,26H,13-14,16-21,23H2,(H,34,39). The van der Waals surface area contributed by atoms with Crippen LogP contribution in [0.25, 0.3) is 22.7 Å². The number of likely N-dealkylation sites (tertiary alicyclic amines) is 1. The molecule has 0 spiro atoms. The molecule has 2 saturated heterocycles. The first kappa shape index (κ1) is 26.9. The Hall–Kier alpha value is -4.34. The molecule has 0 bridgehead atoms. The van der Waals surface area contributed by atoms with E-state index in [1.807, 2.05) is 70.2 Å². The number of amides is 2. The van der Waals surface area contributed by atoms with E-state index in [2.05, 4.69) is 15.2 Å². The molecule has 0 aliphatic carbocycles. The van der Waals surface area contributed by atoms with Crippen molar-refractivity contribution in [2.75, 3.05) is 39.4 Å². The van der Waals surface area contributed by atoms with Crippen molar-refractivity contribution < 1.29 is 14.3 Å². The van der Waals surface area contributed by atoms with E-state index in [4.69, 9.17) is 9.84 Å². The fourth-order valence-corrected chi connectivity index (χ4v) is 5.60. The average molecular weight is 551 g/mol. The molecule has 2 aromatic heterocycles. The molecule has 1 N–H and O–H groups in total. The minimum absolute atomic E-state index is 0.0165. The van der Waals surface area contributed by atoms with Gasteiger partial charge in [0, 0.05) is 62.6 Å². The monoisotopic (exact) mass is 550 g/mol. The number of fused-ring (bicyclic) bond motifs is 1. The first-order chi connectivity index (χ1) is 20.2. The Morgan fingerprint density at radius 2 is 1.73 bits per heavy atom. The number of rotatable bonds is 7. The number of morpholine rings is 1. The molecule has 2 amide bonds. The van der Waals surface area contributed by atoms with E-state index >= 15 is 0 Å². The highest BCUT2D eigenvalue weighted by Gasteiger charge is 2.30. The second-order valence-electron chi connectivity index (χ2n) is 10.5. The fraction of sp³-hybridized carbons (Fsp3) is 0.312. The lowest BCUT2D eigenvalue weighted by Gasteiger charge is -2.39. The number of benzene rings is 2. The van der Waals surface area contributed by atoms with E-state index in [-0.39, 0.29) is 11.8 Å². The molecular formula is C32H34N6O3. The summed E-state index contributed by atoms with van der Waals surface area (Å²) in [6.45, 7) is 5.43. The van der Waals surface area contributed by atoms with E-state index in [0.717, 1.165) is 80.0 Å². The molecule has 9 heteroatoms. The molecule has 4 aromatic rings. The lowest BCUT2D eigenvalue weighted by Crippen LogP contribution is -2.50. The zero-order chi connectivity index (χ0) is 28.0. The van der Waals surface area contributed by atoms with Crippen molar-refractivity contribution in [3.8, 4) is 5.69 Å². The Kier molecular flexibility index (Phi) is 8.16. The zero-order valence-corrected chi connectivity index (χ0v) is 23.0. The highest BCUT2D eigenvalue weighted by Crippen LogP contribution is 2.26. The molecule has 6 rings (SSSR count). The second kappa shape index (κ2) is 12.4. The molecule has 2 aromatic carbocycles. The molecule has 0 radical (unpaired) electrons. The normalized spacial score (nSPS) is 16.8. The molecule has 0 atom stereocenters. The van der Waals surface area contributed by atoms with Crippen molar-refractivity contribution in [2.45, 2.75) is 25.4 Å². The van der Waals surface area contributed by atoms with Gasteiger partial charge in [0.2, 0.25) is 5.91 Å². The van der Waals surface area contributed by atoms with Crippen molar-refractivity contribution in [2.24, 2.45) is 0 Å². The molecule has 4 heterocycles. The predicted octanol–water partition coefficient (Wildman–Crippen LogP) is 3.69. The second-order valence-corrected chi connectivity index (χ2v) is 10.5. The number of para-hydroxylation sites is 1. The number of carbonyl (C=O) groups excluding carboxylic acids is 2.